The van der Waals surface area contributed by atoms with Crippen LogP contribution in [0.4, 0.5) is 0 Å². The molecule has 0 fully saturated rings. The molecule has 0 unspecified atom stereocenters. The van der Waals surface area contributed by atoms with E-state index in [0.29, 0.717) is 24.0 Å². The molecule has 0 bridgehead atoms. The Morgan fingerprint density at radius 3 is 2.94 bits per heavy atom. The highest BCUT2D eigenvalue weighted by atomic mass is 35.5. The molecule has 4 nitrogen and oxygen atoms in total. The van der Waals surface area contributed by atoms with Crippen molar-refractivity contribution in [3.8, 4) is 0 Å². The van der Waals surface area contributed by atoms with Crippen LogP contribution in [0, 0.1) is 0 Å². The summed E-state index contributed by atoms with van der Waals surface area (Å²) in [5.41, 5.74) is 1.93. The number of hydrogen-bond acceptors (Lipinski definition) is 4. The number of aldehydes is 1. The highest BCUT2D eigenvalue weighted by molar-refractivity contribution is 6.31. The van der Waals surface area contributed by atoms with Crippen LogP contribution in [0.3, 0.4) is 0 Å². The molecule has 0 aliphatic carbocycles. The molecule has 2 aromatic heterocycles. The Hall–Kier alpha value is -1.81. The lowest BCUT2D eigenvalue weighted by atomic mass is 10.1. The Labute approximate surface area is 97.3 Å². The minimum absolute atomic E-state index is 0.184. The van der Waals surface area contributed by atoms with Crippen LogP contribution >= 0.6 is 11.6 Å². The van der Waals surface area contributed by atoms with Gasteiger partial charge in [-0.15, -0.1) is 0 Å². The van der Waals surface area contributed by atoms with Gasteiger partial charge in [-0.1, -0.05) is 17.7 Å². The van der Waals surface area contributed by atoms with Crippen molar-refractivity contribution in [2.24, 2.45) is 0 Å². The largest absolute Gasteiger partial charge is 0.298 e. The van der Waals surface area contributed by atoms with E-state index in [0.717, 1.165) is 5.56 Å². The summed E-state index contributed by atoms with van der Waals surface area (Å²) in [6.07, 6.45) is 5.96. The van der Waals surface area contributed by atoms with E-state index in [-0.39, 0.29) is 5.15 Å². The summed E-state index contributed by atoms with van der Waals surface area (Å²) in [7, 11) is 0. The summed E-state index contributed by atoms with van der Waals surface area (Å²) in [5.74, 6) is 0. The van der Waals surface area contributed by atoms with Crippen molar-refractivity contribution in [1.82, 2.24) is 15.0 Å². The molecule has 0 aliphatic heterocycles. The van der Waals surface area contributed by atoms with E-state index in [4.69, 9.17) is 11.6 Å². The Bertz CT molecular complexity index is 502. The monoisotopic (exact) mass is 233 g/mol. The summed E-state index contributed by atoms with van der Waals surface area (Å²) >= 11 is 5.80. The van der Waals surface area contributed by atoms with Gasteiger partial charge in [0.25, 0.3) is 0 Å². The molecule has 0 amide bonds. The van der Waals surface area contributed by atoms with Gasteiger partial charge in [-0.2, -0.15) is 0 Å². The van der Waals surface area contributed by atoms with Gasteiger partial charge in [0, 0.05) is 18.8 Å². The fraction of sp³-hybridized carbons (Fsp3) is 0.0909. The normalized spacial score (nSPS) is 10.1. The first-order valence-corrected chi connectivity index (χ1v) is 5.02. The van der Waals surface area contributed by atoms with Crippen LogP contribution in [0.1, 0.15) is 21.6 Å². The average Bonchev–Trinajstić information content (AvgIpc) is 2.31. The summed E-state index contributed by atoms with van der Waals surface area (Å²) in [6, 6.07) is 3.75. The zero-order chi connectivity index (χ0) is 11.4. The molecule has 16 heavy (non-hydrogen) atoms. The molecule has 2 rings (SSSR count). The highest BCUT2D eigenvalue weighted by Crippen LogP contribution is 2.15. The Kier molecular flexibility index (Phi) is 3.22. The lowest BCUT2D eigenvalue weighted by molar-refractivity contribution is 0.112. The SMILES string of the molecule is O=Cc1c(Cl)ncnc1Cc1cccnc1. The first-order chi connectivity index (χ1) is 7.81. The van der Waals surface area contributed by atoms with Crippen molar-refractivity contribution in [3.63, 3.8) is 0 Å². The molecular formula is C11H8ClN3O. The number of carbonyl (C=O) groups excluding carboxylic acids is 1. The molecule has 0 spiro atoms. The third-order valence-corrected chi connectivity index (χ3v) is 2.43. The van der Waals surface area contributed by atoms with Crippen molar-refractivity contribution in [2.75, 3.05) is 0 Å². The van der Waals surface area contributed by atoms with Crippen molar-refractivity contribution in [3.05, 3.63) is 52.8 Å². The molecule has 0 N–H and O–H groups in total. The predicted octanol–water partition coefficient (Wildman–Crippen LogP) is 1.93. The van der Waals surface area contributed by atoms with E-state index < -0.39 is 0 Å². The number of nitrogens with zero attached hydrogens (tertiary/aromatic N) is 3. The maximum absolute atomic E-state index is 10.9. The predicted molar refractivity (Wildman–Crippen MR) is 59.5 cm³/mol. The van der Waals surface area contributed by atoms with Gasteiger partial charge in [-0.05, 0) is 11.6 Å². The molecule has 0 saturated carbocycles. The summed E-state index contributed by atoms with van der Waals surface area (Å²) < 4.78 is 0. The van der Waals surface area contributed by atoms with E-state index in [2.05, 4.69) is 15.0 Å². The lowest BCUT2D eigenvalue weighted by Gasteiger charge is -2.03. The second kappa shape index (κ2) is 4.81. The second-order valence-electron chi connectivity index (χ2n) is 3.18. The molecule has 0 aliphatic rings. The van der Waals surface area contributed by atoms with Crippen molar-refractivity contribution in [1.29, 1.82) is 0 Å². The van der Waals surface area contributed by atoms with E-state index >= 15 is 0 Å². The van der Waals surface area contributed by atoms with Gasteiger partial charge in [0.05, 0.1) is 11.3 Å². The maximum Gasteiger partial charge on any atom is 0.155 e. The quantitative estimate of drug-likeness (QED) is 0.601. The van der Waals surface area contributed by atoms with Gasteiger partial charge in [0.1, 0.15) is 11.5 Å². The third kappa shape index (κ3) is 2.23. The number of carbonyl (C=O) groups is 1. The highest BCUT2D eigenvalue weighted by Gasteiger charge is 2.09. The van der Waals surface area contributed by atoms with Crippen LogP contribution < -0.4 is 0 Å². The van der Waals surface area contributed by atoms with Gasteiger partial charge >= 0.3 is 0 Å². The Balaban J connectivity index is 2.35. The van der Waals surface area contributed by atoms with Crippen molar-refractivity contribution in [2.45, 2.75) is 6.42 Å². The molecular weight excluding hydrogens is 226 g/mol. The number of pyridine rings is 1. The zero-order valence-corrected chi connectivity index (χ0v) is 9.05. The minimum Gasteiger partial charge on any atom is -0.298 e. The molecule has 5 heteroatoms. The van der Waals surface area contributed by atoms with Gasteiger partial charge < -0.3 is 0 Å². The van der Waals surface area contributed by atoms with E-state index in [1.54, 1.807) is 12.4 Å². The van der Waals surface area contributed by atoms with Crippen molar-refractivity contribution >= 4 is 17.9 Å². The Morgan fingerprint density at radius 2 is 2.25 bits per heavy atom. The van der Waals surface area contributed by atoms with E-state index in [9.17, 15) is 4.79 Å². The van der Waals surface area contributed by atoms with Gasteiger partial charge in [0.15, 0.2) is 6.29 Å². The third-order valence-electron chi connectivity index (χ3n) is 2.13. The van der Waals surface area contributed by atoms with Crippen molar-refractivity contribution < 1.29 is 4.79 Å². The standard InChI is InChI=1S/C11H8ClN3O/c12-11-9(6-16)10(14-7-15-11)4-8-2-1-3-13-5-8/h1-3,5-7H,4H2. The summed E-state index contributed by atoms with van der Waals surface area (Å²) in [6.45, 7) is 0. The zero-order valence-electron chi connectivity index (χ0n) is 8.30. The lowest BCUT2D eigenvalue weighted by Crippen LogP contribution is -2.01. The maximum atomic E-state index is 10.9. The van der Waals surface area contributed by atoms with Crippen LogP contribution in [0.25, 0.3) is 0 Å². The molecule has 2 aromatic rings. The number of halogens is 1. The number of aromatic nitrogens is 3. The van der Waals surface area contributed by atoms with Gasteiger partial charge in [0.2, 0.25) is 0 Å². The smallest absolute Gasteiger partial charge is 0.155 e. The van der Waals surface area contributed by atoms with Gasteiger partial charge in [-0.3, -0.25) is 9.78 Å². The van der Waals surface area contributed by atoms with Crippen LogP contribution in [-0.4, -0.2) is 21.2 Å². The van der Waals surface area contributed by atoms with Crippen LogP contribution in [-0.2, 0) is 6.42 Å². The molecule has 0 atom stereocenters. The minimum atomic E-state index is 0.184. The first-order valence-electron chi connectivity index (χ1n) is 4.64. The number of rotatable bonds is 3. The van der Waals surface area contributed by atoms with Crippen LogP contribution in [0.15, 0.2) is 30.9 Å². The molecule has 0 aromatic carbocycles. The van der Waals surface area contributed by atoms with E-state index in [1.165, 1.54) is 6.33 Å². The second-order valence-corrected chi connectivity index (χ2v) is 3.54. The fourth-order valence-electron chi connectivity index (χ4n) is 1.36. The molecule has 2 heterocycles. The first kappa shape index (κ1) is 10.7. The molecule has 80 valence electrons. The number of hydrogen-bond donors (Lipinski definition) is 0. The van der Waals surface area contributed by atoms with Gasteiger partial charge in [-0.25, -0.2) is 9.97 Å². The fourth-order valence-corrected chi connectivity index (χ4v) is 1.56. The molecule has 0 saturated heterocycles. The Morgan fingerprint density at radius 1 is 1.38 bits per heavy atom. The molecule has 0 radical (unpaired) electrons. The topological polar surface area (TPSA) is 55.7 Å². The average molecular weight is 234 g/mol. The summed E-state index contributed by atoms with van der Waals surface area (Å²) in [4.78, 5) is 22.7. The van der Waals surface area contributed by atoms with Crippen LogP contribution in [0.2, 0.25) is 5.15 Å². The van der Waals surface area contributed by atoms with E-state index in [1.807, 2.05) is 12.1 Å². The summed E-state index contributed by atoms with van der Waals surface area (Å²) in [5, 5.41) is 0.184. The van der Waals surface area contributed by atoms with Crippen LogP contribution in [0.5, 0.6) is 0 Å².